The van der Waals surface area contributed by atoms with Crippen LogP contribution in [-0.4, -0.2) is 22.2 Å². The Morgan fingerprint density at radius 3 is 2.65 bits per heavy atom. The van der Waals surface area contributed by atoms with E-state index in [4.69, 9.17) is 4.42 Å². The summed E-state index contributed by atoms with van der Waals surface area (Å²) in [5.74, 6) is 0.692. The molecular weight excluding hydrogens is 216 g/mol. The van der Waals surface area contributed by atoms with Gasteiger partial charge in [-0.2, -0.15) is 0 Å². The molecule has 1 fully saturated rings. The zero-order valence-electron chi connectivity index (χ0n) is 10.9. The second kappa shape index (κ2) is 4.42. The van der Waals surface area contributed by atoms with Crippen molar-refractivity contribution in [2.24, 2.45) is 0 Å². The SMILES string of the molecule is CC(C)(C)c1coc(CNCC2(O)CCC2)n1. The van der Waals surface area contributed by atoms with Gasteiger partial charge in [-0.05, 0) is 19.3 Å². The highest BCUT2D eigenvalue weighted by Crippen LogP contribution is 2.30. The monoisotopic (exact) mass is 238 g/mol. The van der Waals surface area contributed by atoms with Crippen LogP contribution in [0.15, 0.2) is 10.7 Å². The lowest BCUT2D eigenvalue weighted by Gasteiger charge is -2.36. The van der Waals surface area contributed by atoms with E-state index in [1.807, 2.05) is 0 Å². The molecule has 2 N–H and O–H groups in total. The van der Waals surface area contributed by atoms with Crippen LogP contribution in [0, 0.1) is 0 Å². The van der Waals surface area contributed by atoms with Gasteiger partial charge in [-0.3, -0.25) is 0 Å². The van der Waals surface area contributed by atoms with E-state index in [2.05, 4.69) is 31.1 Å². The standard InChI is InChI=1S/C13H22N2O2/c1-12(2,3)10-8-17-11(15-10)7-14-9-13(16)5-4-6-13/h8,14,16H,4-7,9H2,1-3H3. The Morgan fingerprint density at radius 2 is 2.18 bits per heavy atom. The molecule has 2 rings (SSSR count). The van der Waals surface area contributed by atoms with Crippen molar-refractivity contribution in [1.82, 2.24) is 10.3 Å². The predicted molar refractivity (Wildman–Crippen MR) is 65.7 cm³/mol. The molecule has 0 amide bonds. The van der Waals surface area contributed by atoms with Crippen LogP contribution >= 0.6 is 0 Å². The van der Waals surface area contributed by atoms with E-state index in [1.54, 1.807) is 6.26 Å². The Morgan fingerprint density at radius 1 is 1.47 bits per heavy atom. The van der Waals surface area contributed by atoms with Gasteiger partial charge in [0, 0.05) is 12.0 Å². The average molecular weight is 238 g/mol. The second-order valence-electron chi connectivity index (χ2n) is 6.06. The summed E-state index contributed by atoms with van der Waals surface area (Å²) >= 11 is 0. The lowest BCUT2D eigenvalue weighted by Crippen LogP contribution is -2.46. The Kier molecular flexibility index (Phi) is 3.27. The van der Waals surface area contributed by atoms with Gasteiger partial charge in [0.25, 0.3) is 0 Å². The molecule has 0 aromatic carbocycles. The first-order valence-electron chi connectivity index (χ1n) is 6.27. The van der Waals surface area contributed by atoms with Crippen molar-refractivity contribution < 1.29 is 9.52 Å². The van der Waals surface area contributed by atoms with Crippen LogP contribution in [0.4, 0.5) is 0 Å². The average Bonchev–Trinajstić information content (AvgIpc) is 2.63. The highest BCUT2D eigenvalue weighted by Gasteiger charge is 2.33. The lowest BCUT2D eigenvalue weighted by atomic mass is 9.80. The Labute approximate surface area is 102 Å². The summed E-state index contributed by atoms with van der Waals surface area (Å²) in [4.78, 5) is 4.43. The molecule has 4 heteroatoms. The van der Waals surface area contributed by atoms with Crippen molar-refractivity contribution in [1.29, 1.82) is 0 Å². The molecule has 0 atom stereocenters. The second-order valence-corrected chi connectivity index (χ2v) is 6.06. The van der Waals surface area contributed by atoms with Gasteiger partial charge in [0.05, 0.1) is 17.8 Å². The van der Waals surface area contributed by atoms with Crippen LogP contribution in [0.25, 0.3) is 0 Å². The van der Waals surface area contributed by atoms with Crippen LogP contribution in [0.3, 0.4) is 0 Å². The lowest BCUT2D eigenvalue weighted by molar-refractivity contribution is -0.0317. The molecule has 1 saturated carbocycles. The summed E-state index contributed by atoms with van der Waals surface area (Å²) in [6.45, 7) is 7.54. The number of aliphatic hydroxyl groups is 1. The normalized spacial score (nSPS) is 19.1. The molecule has 1 aliphatic rings. The molecule has 0 unspecified atom stereocenters. The summed E-state index contributed by atoms with van der Waals surface area (Å²) in [6, 6.07) is 0. The van der Waals surface area contributed by atoms with Crippen LogP contribution in [0.2, 0.25) is 0 Å². The van der Waals surface area contributed by atoms with E-state index in [0.717, 1.165) is 25.0 Å². The number of rotatable bonds is 4. The number of nitrogens with one attached hydrogen (secondary N) is 1. The van der Waals surface area contributed by atoms with Gasteiger partial charge in [-0.25, -0.2) is 4.98 Å². The molecule has 1 aliphatic carbocycles. The molecule has 0 aliphatic heterocycles. The van der Waals surface area contributed by atoms with Gasteiger partial charge in [0.2, 0.25) is 5.89 Å². The maximum absolute atomic E-state index is 9.91. The molecule has 4 nitrogen and oxygen atoms in total. The van der Waals surface area contributed by atoms with Gasteiger partial charge in [-0.1, -0.05) is 20.8 Å². The van der Waals surface area contributed by atoms with Crippen molar-refractivity contribution in [2.75, 3.05) is 6.54 Å². The number of oxazole rings is 1. The smallest absolute Gasteiger partial charge is 0.208 e. The predicted octanol–water partition coefficient (Wildman–Crippen LogP) is 1.98. The highest BCUT2D eigenvalue weighted by molar-refractivity contribution is 5.08. The van der Waals surface area contributed by atoms with Crippen LogP contribution in [0.1, 0.15) is 51.6 Å². The van der Waals surface area contributed by atoms with Crippen molar-refractivity contribution in [3.05, 3.63) is 17.8 Å². The third kappa shape index (κ3) is 3.07. The number of hydrogen-bond acceptors (Lipinski definition) is 4. The number of aromatic nitrogens is 1. The van der Waals surface area contributed by atoms with Gasteiger partial charge in [0.1, 0.15) is 6.26 Å². The minimum atomic E-state index is -0.487. The topological polar surface area (TPSA) is 58.3 Å². The largest absolute Gasteiger partial charge is 0.447 e. The quantitative estimate of drug-likeness (QED) is 0.842. The molecule has 0 spiro atoms. The van der Waals surface area contributed by atoms with E-state index >= 15 is 0 Å². The van der Waals surface area contributed by atoms with Crippen molar-refractivity contribution >= 4 is 0 Å². The fraction of sp³-hybridized carbons (Fsp3) is 0.769. The number of nitrogens with zero attached hydrogens (tertiary/aromatic N) is 1. The maximum atomic E-state index is 9.91. The first kappa shape index (κ1) is 12.6. The van der Waals surface area contributed by atoms with Gasteiger partial charge in [0.15, 0.2) is 0 Å². The van der Waals surface area contributed by atoms with E-state index in [0.29, 0.717) is 19.0 Å². The first-order chi connectivity index (χ1) is 7.89. The summed E-state index contributed by atoms with van der Waals surface area (Å²) < 4.78 is 5.40. The van der Waals surface area contributed by atoms with Gasteiger partial charge < -0.3 is 14.8 Å². The van der Waals surface area contributed by atoms with E-state index in [-0.39, 0.29) is 5.41 Å². The first-order valence-corrected chi connectivity index (χ1v) is 6.27. The van der Waals surface area contributed by atoms with E-state index < -0.39 is 5.60 Å². The summed E-state index contributed by atoms with van der Waals surface area (Å²) in [7, 11) is 0. The minimum absolute atomic E-state index is 0.0217. The maximum Gasteiger partial charge on any atom is 0.208 e. The van der Waals surface area contributed by atoms with Crippen LogP contribution in [-0.2, 0) is 12.0 Å². The van der Waals surface area contributed by atoms with E-state index in [9.17, 15) is 5.11 Å². The molecule has 0 radical (unpaired) electrons. The van der Waals surface area contributed by atoms with Crippen molar-refractivity contribution in [3.8, 4) is 0 Å². The molecule has 1 heterocycles. The molecule has 96 valence electrons. The van der Waals surface area contributed by atoms with Crippen molar-refractivity contribution in [2.45, 2.75) is 57.6 Å². The molecule has 17 heavy (non-hydrogen) atoms. The van der Waals surface area contributed by atoms with Crippen molar-refractivity contribution in [3.63, 3.8) is 0 Å². The van der Waals surface area contributed by atoms with Gasteiger partial charge >= 0.3 is 0 Å². The summed E-state index contributed by atoms with van der Waals surface area (Å²) in [5, 5.41) is 13.1. The third-order valence-electron chi connectivity index (χ3n) is 3.33. The molecule has 0 bridgehead atoms. The summed E-state index contributed by atoms with van der Waals surface area (Å²) in [5.41, 5.74) is 0.504. The Balaban J connectivity index is 1.81. The van der Waals surface area contributed by atoms with Crippen LogP contribution in [0.5, 0.6) is 0 Å². The fourth-order valence-corrected chi connectivity index (χ4v) is 1.90. The van der Waals surface area contributed by atoms with Crippen LogP contribution < -0.4 is 5.32 Å². The third-order valence-corrected chi connectivity index (χ3v) is 3.33. The molecule has 0 saturated heterocycles. The highest BCUT2D eigenvalue weighted by atomic mass is 16.3. The minimum Gasteiger partial charge on any atom is -0.447 e. The fourth-order valence-electron chi connectivity index (χ4n) is 1.90. The van der Waals surface area contributed by atoms with Gasteiger partial charge in [-0.15, -0.1) is 0 Å². The molecular formula is C13H22N2O2. The Hall–Kier alpha value is -0.870. The molecule has 1 aromatic heterocycles. The zero-order chi connectivity index (χ0) is 12.5. The summed E-state index contributed by atoms with van der Waals surface area (Å²) in [6.07, 6.45) is 4.65. The number of hydrogen-bond donors (Lipinski definition) is 2. The van der Waals surface area contributed by atoms with E-state index in [1.165, 1.54) is 0 Å². The zero-order valence-corrected chi connectivity index (χ0v) is 10.9. The Bertz CT molecular complexity index is 375. The molecule has 1 aromatic rings.